The number of aryl methyl sites for hydroxylation is 1. The third-order valence-electron chi connectivity index (χ3n) is 3.54. The van der Waals surface area contributed by atoms with E-state index in [1.54, 1.807) is 13.0 Å². The lowest BCUT2D eigenvalue weighted by molar-refractivity contribution is -0.141. The van der Waals surface area contributed by atoms with Gasteiger partial charge in [-0.3, -0.25) is 9.59 Å². The van der Waals surface area contributed by atoms with Crippen LogP contribution in [0.3, 0.4) is 0 Å². The minimum atomic E-state index is -0.845. The third-order valence-corrected chi connectivity index (χ3v) is 4.01. The lowest BCUT2D eigenvalue weighted by Gasteiger charge is -2.13. The highest BCUT2D eigenvalue weighted by atomic mass is 35.5. The quantitative estimate of drug-likeness (QED) is 0.840. The molecule has 2 unspecified atom stereocenters. The molecule has 2 N–H and O–H groups in total. The molecule has 1 aliphatic carbocycles. The molecule has 1 amide bonds. The first-order chi connectivity index (χ1) is 9.38. The first-order valence-electron chi connectivity index (χ1n) is 6.24. The number of hydrogen-bond acceptors (Lipinski definition) is 3. The highest BCUT2D eigenvalue weighted by Crippen LogP contribution is 2.33. The van der Waals surface area contributed by atoms with Gasteiger partial charge in [-0.2, -0.15) is 0 Å². The number of nitrogens with one attached hydrogen (secondary N) is 1. The fourth-order valence-electron chi connectivity index (χ4n) is 2.41. The lowest BCUT2D eigenvalue weighted by Crippen LogP contribution is -2.22. The van der Waals surface area contributed by atoms with E-state index in [9.17, 15) is 9.59 Å². The second-order valence-electron chi connectivity index (χ2n) is 4.96. The summed E-state index contributed by atoms with van der Waals surface area (Å²) in [5, 5.41) is 12.1. The molecule has 0 bridgehead atoms. The van der Waals surface area contributed by atoms with Crippen LogP contribution in [0.25, 0.3) is 0 Å². The van der Waals surface area contributed by atoms with E-state index < -0.39 is 11.9 Å². The number of carbonyl (C=O) groups excluding carboxylic acids is 1. The predicted octanol–water partition coefficient (Wildman–Crippen LogP) is 3.14. The number of carboxylic acids is 1. The van der Waals surface area contributed by atoms with Crippen molar-refractivity contribution in [3.05, 3.63) is 21.9 Å². The molecule has 2 atom stereocenters. The molecule has 1 fully saturated rings. The Kier molecular flexibility index (Phi) is 4.50. The number of carbonyl (C=O) groups is 2. The monoisotopic (exact) mass is 316 g/mol. The zero-order valence-electron chi connectivity index (χ0n) is 10.8. The molecule has 20 heavy (non-hydrogen) atoms. The van der Waals surface area contributed by atoms with E-state index in [2.05, 4.69) is 10.3 Å². The molecule has 0 aromatic carbocycles. The summed E-state index contributed by atoms with van der Waals surface area (Å²) in [5.74, 6) is -1.81. The zero-order valence-corrected chi connectivity index (χ0v) is 12.3. The van der Waals surface area contributed by atoms with Gasteiger partial charge in [-0.15, -0.1) is 0 Å². The van der Waals surface area contributed by atoms with E-state index in [0.29, 0.717) is 24.9 Å². The van der Waals surface area contributed by atoms with Crippen LogP contribution in [0, 0.1) is 18.8 Å². The molecule has 0 saturated heterocycles. The van der Waals surface area contributed by atoms with Crippen molar-refractivity contribution < 1.29 is 14.7 Å². The number of aliphatic carboxylic acids is 1. The van der Waals surface area contributed by atoms with E-state index in [0.717, 1.165) is 5.56 Å². The molecular weight excluding hydrogens is 303 g/mol. The Morgan fingerprint density at radius 2 is 2.00 bits per heavy atom. The Balaban J connectivity index is 2.08. The second-order valence-corrected chi connectivity index (χ2v) is 5.71. The number of anilines is 1. The van der Waals surface area contributed by atoms with E-state index in [4.69, 9.17) is 28.3 Å². The number of rotatable bonds is 3. The number of halogens is 2. The van der Waals surface area contributed by atoms with Gasteiger partial charge in [-0.1, -0.05) is 23.2 Å². The van der Waals surface area contributed by atoms with E-state index in [1.165, 1.54) is 0 Å². The van der Waals surface area contributed by atoms with Crippen LogP contribution in [0.4, 0.5) is 5.69 Å². The van der Waals surface area contributed by atoms with Crippen molar-refractivity contribution in [1.82, 2.24) is 4.98 Å². The van der Waals surface area contributed by atoms with Crippen LogP contribution in [0.1, 0.15) is 24.8 Å². The van der Waals surface area contributed by atoms with Crippen LogP contribution in [0.5, 0.6) is 0 Å². The van der Waals surface area contributed by atoms with Gasteiger partial charge in [0.2, 0.25) is 5.91 Å². The first kappa shape index (κ1) is 15.1. The maximum Gasteiger partial charge on any atom is 0.306 e. The fraction of sp³-hybridized carbons (Fsp3) is 0.462. The van der Waals surface area contributed by atoms with E-state index >= 15 is 0 Å². The molecule has 1 aromatic heterocycles. The highest BCUT2D eigenvalue weighted by Gasteiger charge is 2.34. The maximum atomic E-state index is 12.1. The molecule has 2 rings (SSSR count). The van der Waals surface area contributed by atoms with Crippen molar-refractivity contribution in [3.8, 4) is 0 Å². The zero-order chi connectivity index (χ0) is 14.9. The van der Waals surface area contributed by atoms with Crippen molar-refractivity contribution in [2.24, 2.45) is 11.8 Å². The van der Waals surface area contributed by atoms with Gasteiger partial charge in [0.15, 0.2) is 5.15 Å². The molecule has 108 valence electrons. The molecule has 7 heteroatoms. The fourth-order valence-corrected chi connectivity index (χ4v) is 2.99. The van der Waals surface area contributed by atoms with Gasteiger partial charge < -0.3 is 10.4 Å². The van der Waals surface area contributed by atoms with Gasteiger partial charge in [0, 0.05) is 5.92 Å². The largest absolute Gasteiger partial charge is 0.481 e. The molecule has 5 nitrogen and oxygen atoms in total. The standard InChI is InChI=1S/C13H14Cl2N2O3/c1-6-4-9(14)16-11(15)10(6)17-12(18)7-2-3-8(5-7)13(19)20/h4,7-8H,2-3,5H2,1H3,(H,17,18)(H,19,20). The van der Waals surface area contributed by atoms with Crippen LogP contribution in [-0.4, -0.2) is 22.0 Å². The normalized spacial score (nSPS) is 21.8. The topological polar surface area (TPSA) is 79.3 Å². The summed E-state index contributed by atoms with van der Waals surface area (Å²) in [6.45, 7) is 1.77. The molecular formula is C13H14Cl2N2O3. The minimum absolute atomic E-state index is 0.135. The molecule has 1 heterocycles. The Morgan fingerprint density at radius 3 is 2.55 bits per heavy atom. The Morgan fingerprint density at radius 1 is 1.35 bits per heavy atom. The molecule has 0 spiro atoms. The average molecular weight is 317 g/mol. The average Bonchev–Trinajstić information content (AvgIpc) is 2.83. The second kappa shape index (κ2) is 5.97. The van der Waals surface area contributed by atoms with Crippen LogP contribution >= 0.6 is 23.2 Å². The minimum Gasteiger partial charge on any atom is -0.481 e. The van der Waals surface area contributed by atoms with Crippen molar-refractivity contribution in [3.63, 3.8) is 0 Å². The summed E-state index contributed by atoms with van der Waals surface area (Å²) < 4.78 is 0. The maximum absolute atomic E-state index is 12.1. The summed E-state index contributed by atoms with van der Waals surface area (Å²) in [6.07, 6.45) is 1.46. The Labute approximate surface area is 126 Å². The van der Waals surface area contributed by atoms with E-state index in [-0.39, 0.29) is 22.1 Å². The van der Waals surface area contributed by atoms with Crippen molar-refractivity contribution in [2.75, 3.05) is 5.32 Å². The van der Waals surface area contributed by atoms with Gasteiger partial charge in [-0.05, 0) is 37.8 Å². The third kappa shape index (κ3) is 3.22. The smallest absolute Gasteiger partial charge is 0.306 e. The number of aromatic nitrogens is 1. The number of nitrogens with zero attached hydrogens (tertiary/aromatic N) is 1. The molecule has 1 aliphatic rings. The summed E-state index contributed by atoms with van der Waals surface area (Å²) >= 11 is 11.7. The van der Waals surface area contributed by atoms with Crippen molar-refractivity contribution >= 4 is 40.8 Å². The van der Waals surface area contributed by atoms with Crippen molar-refractivity contribution in [2.45, 2.75) is 26.2 Å². The Bertz CT molecular complexity index is 540. The summed E-state index contributed by atoms with van der Waals surface area (Å²) in [4.78, 5) is 26.9. The predicted molar refractivity (Wildman–Crippen MR) is 76.1 cm³/mol. The van der Waals surface area contributed by atoms with Gasteiger partial charge in [0.05, 0.1) is 11.6 Å². The number of pyridine rings is 1. The van der Waals surface area contributed by atoms with Crippen LogP contribution in [0.2, 0.25) is 10.3 Å². The summed E-state index contributed by atoms with van der Waals surface area (Å²) in [7, 11) is 0. The summed E-state index contributed by atoms with van der Waals surface area (Å²) in [6, 6.07) is 1.61. The number of hydrogen-bond donors (Lipinski definition) is 2. The van der Waals surface area contributed by atoms with Crippen LogP contribution in [0.15, 0.2) is 6.07 Å². The number of carboxylic acid groups (broad SMARTS) is 1. The molecule has 1 aromatic rings. The lowest BCUT2D eigenvalue weighted by atomic mass is 10.0. The van der Waals surface area contributed by atoms with Gasteiger partial charge in [0.25, 0.3) is 0 Å². The summed E-state index contributed by atoms with van der Waals surface area (Å²) in [5.41, 5.74) is 1.15. The molecule has 0 radical (unpaired) electrons. The van der Waals surface area contributed by atoms with Crippen LogP contribution < -0.4 is 5.32 Å². The van der Waals surface area contributed by atoms with Gasteiger partial charge in [0.1, 0.15) is 5.15 Å². The molecule has 1 saturated carbocycles. The highest BCUT2D eigenvalue weighted by molar-refractivity contribution is 6.34. The molecule has 0 aliphatic heterocycles. The number of amides is 1. The van der Waals surface area contributed by atoms with Crippen LogP contribution in [-0.2, 0) is 9.59 Å². The van der Waals surface area contributed by atoms with Gasteiger partial charge >= 0.3 is 5.97 Å². The Hall–Kier alpha value is -1.33. The first-order valence-corrected chi connectivity index (χ1v) is 7.00. The van der Waals surface area contributed by atoms with E-state index in [1.807, 2.05) is 0 Å². The SMILES string of the molecule is Cc1cc(Cl)nc(Cl)c1NC(=O)C1CCC(C(=O)O)C1. The van der Waals surface area contributed by atoms with Crippen molar-refractivity contribution in [1.29, 1.82) is 0 Å². The van der Waals surface area contributed by atoms with Gasteiger partial charge in [-0.25, -0.2) is 4.98 Å².